The van der Waals surface area contributed by atoms with Crippen molar-refractivity contribution in [2.75, 3.05) is 13.6 Å². The zero-order valence-electron chi connectivity index (χ0n) is 10.1. The Labute approximate surface area is 118 Å². The lowest BCUT2D eigenvalue weighted by Crippen LogP contribution is -2.40. The Kier molecular flexibility index (Phi) is 5.61. The molecule has 1 unspecified atom stereocenters. The second kappa shape index (κ2) is 6.75. The van der Waals surface area contributed by atoms with Crippen molar-refractivity contribution in [3.8, 4) is 0 Å². The van der Waals surface area contributed by atoms with Crippen molar-refractivity contribution in [2.24, 2.45) is 5.92 Å². The molecule has 7 heteroatoms. The summed E-state index contributed by atoms with van der Waals surface area (Å²) in [5.41, 5.74) is 0. The van der Waals surface area contributed by atoms with Gasteiger partial charge in [0.05, 0.1) is 12.5 Å². The van der Waals surface area contributed by atoms with Gasteiger partial charge in [-0.3, -0.25) is 4.79 Å². The number of urea groups is 1. The first-order valence-corrected chi connectivity index (χ1v) is 7.02. The first kappa shape index (κ1) is 15.0. The minimum absolute atomic E-state index is 0.190. The van der Waals surface area contributed by atoms with Crippen LogP contribution >= 0.6 is 27.3 Å². The average Bonchev–Trinajstić information content (AvgIpc) is 2.71. The molecule has 2 amide bonds. The van der Waals surface area contributed by atoms with E-state index in [0.29, 0.717) is 6.54 Å². The summed E-state index contributed by atoms with van der Waals surface area (Å²) < 4.78 is 0.990. The van der Waals surface area contributed by atoms with Crippen molar-refractivity contribution in [1.29, 1.82) is 0 Å². The number of carbonyl (C=O) groups is 2. The smallest absolute Gasteiger partial charge is 0.317 e. The van der Waals surface area contributed by atoms with Crippen LogP contribution in [0.4, 0.5) is 4.79 Å². The molecule has 1 atom stereocenters. The predicted molar refractivity (Wildman–Crippen MR) is 73.7 cm³/mol. The number of carboxylic acid groups (broad SMARTS) is 1. The molecule has 0 saturated carbocycles. The normalized spacial score (nSPS) is 11.9. The molecule has 0 aliphatic carbocycles. The Morgan fingerprint density at radius 1 is 1.61 bits per heavy atom. The number of carboxylic acids is 1. The molecule has 0 bridgehead atoms. The summed E-state index contributed by atoms with van der Waals surface area (Å²) in [4.78, 5) is 24.8. The van der Waals surface area contributed by atoms with E-state index in [2.05, 4.69) is 21.2 Å². The number of thiophene rings is 1. The highest BCUT2D eigenvalue weighted by molar-refractivity contribution is 9.10. The molecule has 0 aliphatic heterocycles. The Morgan fingerprint density at radius 3 is 2.78 bits per heavy atom. The zero-order valence-corrected chi connectivity index (χ0v) is 12.5. The van der Waals surface area contributed by atoms with Crippen molar-refractivity contribution in [1.82, 2.24) is 10.2 Å². The van der Waals surface area contributed by atoms with Gasteiger partial charge in [0, 0.05) is 28.3 Å². The number of aliphatic carboxylic acids is 1. The Morgan fingerprint density at radius 2 is 2.28 bits per heavy atom. The molecule has 0 fully saturated rings. The zero-order chi connectivity index (χ0) is 13.7. The number of carbonyl (C=O) groups excluding carboxylic acids is 1. The molecule has 100 valence electrons. The fourth-order valence-electron chi connectivity index (χ4n) is 1.32. The van der Waals surface area contributed by atoms with Gasteiger partial charge in [0.15, 0.2) is 0 Å². The largest absolute Gasteiger partial charge is 0.481 e. The van der Waals surface area contributed by atoms with E-state index in [9.17, 15) is 9.59 Å². The maximum absolute atomic E-state index is 11.7. The predicted octanol–water partition coefficient (Wildman–Crippen LogP) is 2.37. The summed E-state index contributed by atoms with van der Waals surface area (Å²) in [6.45, 7) is 2.21. The lowest BCUT2D eigenvalue weighted by molar-refractivity contribution is -0.141. The lowest BCUT2D eigenvalue weighted by Gasteiger charge is -2.19. The van der Waals surface area contributed by atoms with Crippen LogP contribution in [0.3, 0.4) is 0 Å². The molecule has 1 aromatic heterocycles. The van der Waals surface area contributed by atoms with Gasteiger partial charge in [-0.2, -0.15) is 0 Å². The molecule has 0 spiro atoms. The molecule has 18 heavy (non-hydrogen) atoms. The van der Waals surface area contributed by atoms with Gasteiger partial charge < -0.3 is 15.3 Å². The van der Waals surface area contributed by atoms with Gasteiger partial charge in [0.2, 0.25) is 0 Å². The lowest BCUT2D eigenvalue weighted by atomic mass is 10.2. The summed E-state index contributed by atoms with van der Waals surface area (Å²) in [5.74, 6) is -1.48. The monoisotopic (exact) mass is 334 g/mol. The van der Waals surface area contributed by atoms with Gasteiger partial charge in [0.25, 0.3) is 0 Å². The van der Waals surface area contributed by atoms with Gasteiger partial charge >= 0.3 is 12.0 Å². The van der Waals surface area contributed by atoms with Crippen molar-refractivity contribution < 1.29 is 14.7 Å². The van der Waals surface area contributed by atoms with E-state index >= 15 is 0 Å². The second-order valence-electron chi connectivity index (χ2n) is 4.01. The molecule has 1 heterocycles. The molecule has 1 aromatic rings. The molecule has 0 saturated heterocycles. The number of amides is 2. The summed E-state index contributed by atoms with van der Waals surface area (Å²) in [6, 6.07) is 1.66. The number of nitrogens with one attached hydrogen (secondary N) is 1. The van der Waals surface area contributed by atoms with E-state index in [1.165, 1.54) is 4.90 Å². The van der Waals surface area contributed by atoms with Crippen molar-refractivity contribution >= 4 is 39.3 Å². The summed E-state index contributed by atoms with van der Waals surface area (Å²) in [6.07, 6.45) is 0. The minimum atomic E-state index is -0.906. The third-order valence-electron chi connectivity index (χ3n) is 2.35. The van der Waals surface area contributed by atoms with E-state index in [0.717, 1.165) is 9.35 Å². The van der Waals surface area contributed by atoms with Crippen LogP contribution in [0.15, 0.2) is 15.9 Å². The summed E-state index contributed by atoms with van der Waals surface area (Å²) >= 11 is 4.89. The highest BCUT2D eigenvalue weighted by Gasteiger charge is 2.17. The molecule has 0 radical (unpaired) electrons. The molecule has 0 aliphatic rings. The highest BCUT2D eigenvalue weighted by Crippen LogP contribution is 2.19. The Balaban J connectivity index is 2.38. The number of hydrogen-bond donors (Lipinski definition) is 2. The fourth-order valence-corrected chi connectivity index (χ4v) is 2.71. The molecule has 0 aromatic carbocycles. The first-order valence-electron chi connectivity index (χ1n) is 5.35. The van der Waals surface area contributed by atoms with Crippen LogP contribution in [-0.2, 0) is 11.3 Å². The minimum Gasteiger partial charge on any atom is -0.481 e. The number of halogens is 1. The van der Waals surface area contributed by atoms with Crippen LogP contribution in [0.25, 0.3) is 0 Å². The van der Waals surface area contributed by atoms with Crippen molar-refractivity contribution in [3.63, 3.8) is 0 Å². The quantitative estimate of drug-likeness (QED) is 0.868. The fraction of sp³-hybridized carbons (Fsp3) is 0.455. The first-order chi connectivity index (χ1) is 8.40. The number of rotatable bonds is 5. The standard InChI is InChI=1S/C11H15BrN2O3S/c1-7(10(15)16)5-14(2)11(17)13-4-9-3-8(12)6-18-9/h3,6-7H,4-5H2,1-2H3,(H,13,17)(H,15,16). The van der Waals surface area contributed by atoms with Gasteiger partial charge in [-0.05, 0) is 22.0 Å². The topological polar surface area (TPSA) is 69.6 Å². The Hall–Kier alpha value is -1.08. The maximum Gasteiger partial charge on any atom is 0.317 e. The van der Waals surface area contributed by atoms with E-state index in [1.54, 1.807) is 25.3 Å². The van der Waals surface area contributed by atoms with Crippen LogP contribution in [0.5, 0.6) is 0 Å². The van der Waals surface area contributed by atoms with E-state index in [-0.39, 0.29) is 12.6 Å². The summed E-state index contributed by atoms with van der Waals surface area (Å²) in [5, 5.41) is 13.4. The van der Waals surface area contributed by atoms with E-state index < -0.39 is 11.9 Å². The third-order valence-corrected chi connectivity index (χ3v) is 4.05. The molecule has 5 nitrogen and oxygen atoms in total. The number of nitrogens with zero attached hydrogens (tertiary/aromatic N) is 1. The SMILES string of the molecule is CC(CN(C)C(=O)NCc1cc(Br)cs1)C(=O)O. The molecule has 2 N–H and O–H groups in total. The van der Waals surface area contributed by atoms with Crippen LogP contribution in [0.1, 0.15) is 11.8 Å². The van der Waals surface area contributed by atoms with Crippen LogP contribution in [0.2, 0.25) is 0 Å². The summed E-state index contributed by atoms with van der Waals surface area (Å²) in [7, 11) is 1.58. The number of hydrogen-bond acceptors (Lipinski definition) is 3. The van der Waals surface area contributed by atoms with Crippen LogP contribution in [-0.4, -0.2) is 35.6 Å². The maximum atomic E-state index is 11.7. The van der Waals surface area contributed by atoms with Gasteiger partial charge in [-0.15, -0.1) is 11.3 Å². The van der Waals surface area contributed by atoms with Crippen LogP contribution < -0.4 is 5.32 Å². The molecular weight excluding hydrogens is 320 g/mol. The third kappa shape index (κ3) is 4.66. The molecule has 1 rings (SSSR count). The van der Waals surface area contributed by atoms with Gasteiger partial charge in [0.1, 0.15) is 0 Å². The van der Waals surface area contributed by atoms with Crippen LogP contribution in [0, 0.1) is 5.92 Å². The van der Waals surface area contributed by atoms with Crippen molar-refractivity contribution in [2.45, 2.75) is 13.5 Å². The van der Waals surface area contributed by atoms with E-state index in [4.69, 9.17) is 5.11 Å². The second-order valence-corrected chi connectivity index (χ2v) is 5.92. The van der Waals surface area contributed by atoms with Crippen molar-refractivity contribution in [3.05, 3.63) is 20.8 Å². The van der Waals surface area contributed by atoms with Gasteiger partial charge in [-0.1, -0.05) is 6.92 Å². The van der Waals surface area contributed by atoms with E-state index in [1.807, 2.05) is 11.4 Å². The average molecular weight is 335 g/mol. The van der Waals surface area contributed by atoms with Gasteiger partial charge in [-0.25, -0.2) is 4.79 Å². The molecular formula is C11H15BrN2O3S. The highest BCUT2D eigenvalue weighted by atomic mass is 79.9. The Bertz CT molecular complexity index is 436.